The molecule has 0 heterocycles. The molecule has 0 saturated heterocycles. The van der Waals surface area contributed by atoms with Crippen molar-refractivity contribution in [3.8, 4) is 0 Å². The van der Waals surface area contributed by atoms with Crippen molar-refractivity contribution in [1.82, 2.24) is 0 Å². The van der Waals surface area contributed by atoms with Gasteiger partial charge in [-0.15, -0.1) is 0 Å². The van der Waals surface area contributed by atoms with Gasteiger partial charge in [-0.3, -0.25) is 14.4 Å². The third kappa shape index (κ3) is 57.4. The van der Waals surface area contributed by atoms with E-state index >= 15 is 0 Å². The molecule has 0 aliphatic heterocycles. The first-order valence-corrected chi connectivity index (χ1v) is 30.1. The fourth-order valence-electron chi connectivity index (χ4n) is 8.41. The summed E-state index contributed by atoms with van der Waals surface area (Å²) in [5, 5.41) is 0. The largest absolute Gasteiger partial charge is 0.462 e. The molecule has 0 N–H and O–H groups in total. The lowest BCUT2D eigenvalue weighted by atomic mass is 10.0. The Bertz CT molecular complexity index is 1370. The third-order valence-corrected chi connectivity index (χ3v) is 12.9. The van der Waals surface area contributed by atoms with Crippen molar-refractivity contribution in [2.75, 3.05) is 13.2 Å². The molecule has 1 unspecified atom stereocenters. The van der Waals surface area contributed by atoms with Crippen molar-refractivity contribution in [2.24, 2.45) is 0 Å². The van der Waals surface area contributed by atoms with Crippen LogP contribution in [0.4, 0.5) is 0 Å². The van der Waals surface area contributed by atoms with Crippen LogP contribution in [0.5, 0.6) is 0 Å². The first kappa shape index (κ1) is 67.6. The molecule has 0 fully saturated rings. The van der Waals surface area contributed by atoms with Crippen LogP contribution >= 0.6 is 0 Å². The van der Waals surface area contributed by atoms with Gasteiger partial charge in [0.2, 0.25) is 0 Å². The van der Waals surface area contributed by atoms with E-state index in [1.165, 1.54) is 154 Å². The highest BCUT2D eigenvalue weighted by Crippen LogP contribution is 2.16. The van der Waals surface area contributed by atoms with Gasteiger partial charge in [0.1, 0.15) is 13.2 Å². The monoisotopic (exact) mass is 989 g/mol. The molecule has 408 valence electrons. The molecule has 0 rings (SSSR count). The zero-order chi connectivity index (χ0) is 51.4. The Morgan fingerprint density at radius 2 is 0.577 bits per heavy atom. The highest BCUT2D eigenvalue weighted by atomic mass is 16.6. The maximum Gasteiger partial charge on any atom is 0.306 e. The fraction of sp³-hybridized carbons (Fsp3) is 0.738. The molecule has 0 saturated carbocycles. The van der Waals surface area contributed by atoms with E-state index < -0.39 is 6.10 Å². The second kappa shape index (κ2) is 59.2. The van der Waals surface area contributed by atoms with Crippen LogP contribution in [0.25, 0.3) is 0 Å². The molecule has 0 bridgehead atoms. The number of unbranched alkanes of at least 4 members (excludes halogenated alkanes) is 29. The fourth-order valence-corrected chi connectivity index (χ4v) is 8.41. The van der Waals surface area contributed by atoms with E-state index in [1.807, 2.05) is 6.08 Å². The summed E-state index contributed by atoms with van der Waals surface area (Å²) >= 11 is 0. The van der Waals surface area contributed by atoms with Gasteiger partial charge in [-0.1, -0.05) is 273 Å². The Morgan fingerprint density at radius 3 is 0.972 bits per heavy atom. The number of carbonyl (C=O) groups is 3. The summed E-state index contributed by atoms with van der Waals surface area (Å²) in [5.41, 5.74) is 0. The third-order valence-electron chi connectivity index (χ3n) is 12.9. The normalized spacial score (nSPS) is 12.7. The Morgan fingerprint density at radius 1 is 0.296 bits per heavy atom. The topological polar surface area (TPSA) is 78.9 Å². The minimum Gasteiger partial charge on any atom is -0.462 e. The van der Waals surface area contributed by atoms with Gasteiger partial charge in [0.15, 0.2) is 6.10 Å². The van der Waals surface area contributed by atoms with E-state index in [1.54, 1.807) is 0 Å². The Hall–Kier alpha value is -3.41. The van der Waals surface area contributed by atoms with Crippen LogP contribution in [0.15, 0.2) is 85.1 Å². The van der Waals surface area contributed by atoms with Crippen LogP contribution < -0.4 is 0 Å². The highest BCUT2D eigenvalue weighted by Gasteiger charge is 2.19. The van der Waals surface area contributed by atoms with Gasteiger partial charge in [0, 0.05) is 19.3 Å². The first-order valence-electron chi connectivity index (χ1n) is 30.1. The molecule has 0 radical (unpaired) electrons. The summed E-state index contributed by atoms with van der Waals surface area (Å²) in [5.74, 6) is -0.991. The maximum absolute atomic E-state index is 12.9. The summed E-state index contributed by atoms with van der Waals surface area (Å²) in [6, 6.07) is 0. The van der Waals surface area contributed by atoms with Gasteiger partial charge >= 0.3 is 17.9 Å². The van der Waals surface area contributed by atoms with Crippen molar-refractivity contribution in [2.45, 2.75) is 297 Å². The average Bonchev–Trinajstić information content (AvgIpc) is 3.37. The number of esters is 3. The molecule has 0 spiro atoms. The summed E-state index contributed by atoms with van der Waals surface area (Å²) in [6.07, 6.45) is 77.4. The molecule has 71 heavy (non-hydrogen) atoms. The molecule has 0 aliphatic rings. The summed E-state index contributed by atoms with van der Waals surface area (Å²) in [7, 11) is 0. The lowest BCUT2D eigenvalue weighted by Gasteiger charge is -2.18. The van der Waals surface area contributed by atoms with Crippen LogP contribution in [0, 0.1) is 0 Å². The molecule has 0 aliphatic carbocycles. The average molecular weight is 990 g/mol. The number of allylic oxidation sites excluding steroid dienone is 14. The Balaban J connectivity index is 4.40. The lowest BCUT2D eigenvalue weighted by Crippen LogP contribution is -2.30. The molecular weight excluding hydrogens is 877 g/mol. The summed E-state index contributed by atoms with van der Waals surface area (Å²) < 4.78 is 16.8. The van der Waals surface area contributed by atoms with Gasteiger partial charge in [0.25, 0.3) is 0 Å². The predicted molar refractivity (Wildman–Crippen MR) is 307 cm³/mol. The quantitative estimate of drug-likeness (QED) is 0.0261. The van der Waals surface area contributed by atoms with Gasteiger partial charge < -0.3 is 14.2 Å². The molecule has 0 aromatic heterocycles. The minimum atomic E-state index is -0.812. The van der Waals surface area contributed by atoms with E-state index in [9.17, 15) is 14.4 Å². The van der Waals surface area contributed by atoms with Crippen molar-refractivity contribution in [3.05, 3.63) is 85.1 Å². The zero-order valence-electron chi connectivity index (χ0n) is 46.7. The molecule has 6 nitrogen and oxygen atoms in total. The van der Waals surface area contributed by atoms with Crippen molar-refractivity contribution in [1.29, 1.82) is 0 Å². The molecule has 1 atom stereocenters. The SMILES string of the molecule is CC/C=C\C/C=C\C/C=C\C/C=C\CCC(=O)OCC(COC(=O)CCCCCCCCCCCCCCCCCCCCCCC)OC(=O)CCCCCCCC/C=C\C/C=C\C/C=C\CCCCC. The van der Waals surface area contributed by atoms with Gasteiger partial charge in [0.05, 0.1) is 0 Å². The summed E-state index contributed by atoms with van der Waals surface area (Å²) in [4.78, 5) is 38.2. The van der Waals surface area contributed by atoms with Crippen molar-refractivity contribution >= 4 is 17.9 Å². The Kier molecular flexibility index (Phi) is 56.3. The van der Waals surface area contributed by atoms with E-state index in [0.717, 1.165) is 89.9 Å². The van der Waals surface area contributed by atoms with Crippen LogP contribution in [-0.2, 0) is 28.6 Å². The smallest absolute Gasteiger partial charge is 0.306 e. The first-order chi connectivity index (χ1) is 35.0. The second-order valence-electron chi connectivity index (χ2n) is 19.9. The Labute approximate surface area is 439 Å². The van der Waals surface area contributed by atoms with Gasteiger partial charge in [-0.05, 0) is 83.5 Å². The number of hydrogen-bond donors (Lipinski definition) is 0. The second-order valence-corrected chi connectivity index (χ2v) is 19.9. The van der Waals surface area contributed by atoms with Gasteiger partial charge in [-0.2, -0.15) is 0 Å². The summed E-state index contributed by atoms with van der Waals surface area (Å²) in [6.45, 7) is 6.45. The van der Waals surface area contributed by atoms with E-state index in [0.29, 0.717) is 19.3 Å². The molecule has 0 aromatic carbocycles. The van der Waals surface area contributed by atoms with E-state index in [2.05, 4.69) is 99.8 Å². The maximum atomic E-state index is 12.9. The number of carbonyl (C=O) groups excluding carboxylic acids is 3. The molecular formula is C65H112O6. The van der Waals surface area contributed by atoms with E-state index in [4.69, 9.17) is 14.2 Å². The number of rotatable bonds is 54. The van der Waals surface area contributed by atoms with E-state index in [-0.39, 0.29) is 37.5 Å². The van der Waals surface area contributed by atoms with Crippen LogP contribution in [0.1, 0.15) is 290 Å². The van der Waals surface area contributed by atoms with Gasteiger partial charge in [-0.25, -0.2) is 0 Å². The highest BCUT2D eigenvalue weighted by molar-refractivity contribution is 5.71. The zero-order valence-corrected chi connectivity index (χ0v) is 46.7. The number of hydrogen-bond acceptors (Lipinski definition) is 6. The predicted octanol–water partition coefficient (Wildman–Crippen LogP) is 20.3. The standard InChI is InChI=1S/C65H112O6/c1-4-7-10-13-16-19-22-25-27-29-31-32-34-35-37-40-43-46-49-52-55-58-64(67)70-61-62(60-69-63(66)57-54-51-48-45-42-39-24-21-18-15-12-9-6-3)71-65(68)59-56-53-50-47-44-41-38-36-33-30-28-26-23-20-17-14-11-8-5-2/h9,12,17-18,20-21,26,28,33,36,39,42,48,51,62H,4-8,10-11,13-16,19,22-25,27,29-32,34-35,37-38,40-41,43-47,49-50,52-61H2,1-3H3/b12-9-,20-17-,21-18-,28-26-,36-33-,42-39-,51-48-. The molecule has 0 aromatic rings. The minimum absolute atomic E-state index is 0.102. The van der Waals surface area contributed by atoms with Crippen LogP contribution in [-0.4, -0.2) is 37.2 Å². The van der Waals surface area contributed by atoms with Crippen molar-refractivity contribution in [3.63, 3.8) is 0 Å². The van der Waals surface area contributed by atoms with Crippen LogP contribution in [0.2, 0.25) is 0 Å². The lowest BCUT2D eigenvalue weighted by molar-refractivity contribution is -0.166. The number of ether oxygens (including phenoxy) is 3. The van der Waals surface area contributed by atoms with Crippen LogP contribution in [0.3, 0.4) is 0 Å². The molecule has 0 amide bonds. The molecule has 6 heteroatoms. The van der Waals surface area contributed by atoms with Crippen molar-refractivity contribution < 1.29 is 28.6 Å².